The number of aryl methyl sites for hydroxylation is 1. The second kappa shape index (κ2) is 7.40. The number of piperazine rings is 1. The number of carbonyl (C=O) groups is 1. The smallest absolute Gasteiger partial charge is 0.272 e. The fourth-order valence-corrected chi connectivity index (χ4v) is 3.51. The lowest BCUT2D eigenvalue weighted by Crippen LogP contribution is -2.49. The first-order valence-corrected chi connectivity index (χ1v) is 9.26. The number of amides is 1. The number of anilines is 1. The highest BCUT2D eigenvalue weighted by Crippen LogP contribution is 2.25. The third kappa shape index (κ3) is 3.66. The van der Waals surface area contributed by atoms with Crippen LogP contribution in [0.4, 0.5) is 5.69 Å². The molecule has 6 nitrogen and oxygen atoms in total. The summed E-state index contributed by atoms with van der Waals surface area (Å²) in [7, 11) is 0. The highest BCUT2D eigenvalue weighted by atomic mass is 35.5. The zero-order chi connectivity index (χ0) is 18.8. The maximum atomic E-state index is 12.8. The Hall–Kier alpha value is -2.86. The van der Waals surface area contributed by atoms with Crippen molar-refractivity contribution in [2.75, 3.05) is 31.1 Å². The predicted molar refractivity (Wildman–Crippen MR) is 106 cm³/mol. The monoisotopic (exact) mass is 381 g/mol. The van der Waals surface area contributed by atoms with Crippen molar-refractivity contribution >= 4 is 23.2 Å². The average Bonchev–Trinajstić information content (AvgIpc) is 3.20. The SMILES string of the molecule is Cc1ccc(Cl)cc1N1CCN(C(=O)c2cc(-c3ccncc3)n[nH]2)CC1. The van der Waals surface area contributed by atoms with E-state index in [1.165, 1.54) is 5.56 Å². The zero-order valence-electron chi connectivity index (χ0n) is 15.0. The van der Waals surface area contributed by atoms with Gasteiger partial charge in [-0.2, -0.15) is 5.10 Å². The topological polar surface area (TPSA) is 65.1 Å². The number of carbonyl (C=O) groups excluding carboxylic acids is 1. The summed E-state index contributed by atoms with van der Waals surface area (Å²) in [4.78, 5) is 21.0. The molecule has 4 rings (SSSR count). The molecule has 1 amide bonds. The maximum Gasteiger partial charge on any atom is 0.272 e. The molecule has 1 fully saturated rings. The highest BCUT2D eigenvalue weighted by Gasteiger charge is 2.24. The number of hydrogen-bond donors (Lipinski definition) is 1. The molecule has 0 spiro atoms. The Morgan fingerprint density at radius 3 is 2.56 bits per heavy atom. The summed E-state index contributed by atoms with van der Waals surface area (Å²) < 4.78 is 0. The first kappa shape index (κ1) is 17.5. The van der Waals surface area contributed by atoms with E-state index >= 15 is 0 Å². The zero-order valence-corrected chi connectivity index (χ0v) is 15.8. The Morgan fingerprint density at radius 2 is 1.81 bits per heavy atom. The van der Waals surface area contributed by atoms with Gasteiger partial charge in [0.2, 0.25) is 0 Å². The fourth-order valence-electron chi connectivity index (χ4n) is 3.35. The van der Waals surface area contributed by atoms with Crippen LogP contribution in [0.5, 0.6) is 0 Å². The summed E-state index contributed by atoms with van der Waals surface area (Å²) in [6.45, 7) is 4.95. The lowest BCUT2D eigenvalue weighted by atomic mass is 10.1. The molecule has 1 aromatic carbocycles. The number of benzene rings is 1. The van der Waals surface area contributed by atoms with E-state index in [0.29, 0.717) is 18.8 Å². The van der Waals surface area contributed by atoms with Crippen molar-refractivity contribution in [3.63, 3.8) is 0 Å². The molecule has 1 saturated heterocycles. The average molecular weight is 382 g/mol. The van der Waals surface area contributed by atoms with Gasteiger partial charge in [-0.1, -0.05) is 17.7 Å². The molecule has 1 N–H and O–H groups in total. The molecule has 27 heavy (non-hydrogen) atoms. The van der Waals surface area contributed by atoms with Crippen molar-refractivity contribution < 1.29 is 4.79 Å². The van der Waals surface area contributed by atoms with Gasteiger partial charge in [0, 0.05) is 54.8 Å². The van der Waals surface area contributed by atoms with Gasteiger partial charge < -0.3 is 9.80 Å². The number of nitrogens with one attached hydrogen (secondary N) is 1. The van der Waals surface area contributed by atoms with Gasteiger partial charge in [-0.05, 0) is 42.8 Å². The third-order valence-electron chi connectivity index (χ3n) is 4.86. The number of rotatable bonds is 3. The molecule has 0 atom stereocenters. The van der Waals surface area contributed by atoms with Crippen LogP contribution < -0.4 is 4.90 Å². The number of hydrogen-bond acceptors (Lipinski definition) is 4. The molecule has 1 aliphatic heterocycles. The van der Waals surface area contributed by atoms with Gasteiger partial charge in [0.25, 0.3) is 5.91 Å². The van der Waals surface area contributed by atoms with Gasteiger partial charge in [0.05, 0.1) is 5.69 Å². The van der Waals surface area contributed by atoms with Crippen LogP contribution in [0.1, 0.15) is 16.1 Å². The van der Waals surface area contributed by atoms with Gasteiger partial charge in [0.1, 0.15) is 5.69 Å². The van der Waals surface area contributed by atoms with Gasteiger partial charge >= 0.3 is 0 Å². The standard InChI is InChI=1S/C20H20ClN5O/c1-14-2-3-16(21)12-19(14)25-8-10-26(11-9-25)20(27)18-13-17(23-24-18)15-4-6-22-7-5-15/h2-7,12-13H,8-11H2,1H3,(H,23,24). The molecule has 0 aliphatic carbocycles. The van der Waals surface area contributed by atoms with Crippen LogP contribution in [0.25, 0.3) is 11.3 Å². The summed E-state index contributed by atoms with van der Waals surface area (Å²) in [6.07, 6.45) is 3.42. The van der Waals surface area contributed by atoms with Crippen molar-refractivity contribution in [2.24, 2.45) is 0 Å². The minimum Gasteiger partial charge on any atom is -0.368 e. The minimum absolute atomic E-state index is 0.0229. The molecule has 0 saturated carbocycles. The number of halogens is 1. The van der Waals surface area contributed by atoms with Gasteiger partial charge in [-0.25, -0.2) is 0 Å². The lowest BCUT2D eigenvalue weighted by molar-refractivity contribution is 0.0741. The summed E-state index contributed by atoms with van der Waals surface area (Å²) in [5, 5.41) is 7.86. The van der Waals surface area contributed by atoms with Gasteiger partial charge in [-0.3, -0.25) is 14.9 Å². The maximum absolute atomic E-state index is 12.8. The Bertz CT molecular complexity index is 948. The second-order valence-electron chi connectivity index (χ2n) is 6.61. The Morgan fingerprint density at radius 1 is 1.07 bits per heavy atom. The van der Waals surface area contributed by atoms with Crippen molar-refractivity contribution in [2.45, 2.75) is 6.92 Å². The van der Waals surface area contributed by atoms with E-state index in [0.717, 1.165) is 35.1 Å². The molecule has 7 heteroatoms. The Kier molecular flexibility index (Phi) is 4.81. The molecular formula is C20H20ClN5O. The highest BCUT2D eigenvalue weighted by molar-refractivity contribution is 6.30. The van der Waals surface area contributed by atoms with E-state index in [1.54, 1.807) is 18.5 Å². The first-order chi connectivity index (χ1) is 13.1. The van der Waals surface area contributed by atoms with Crippen molar-refractivity contribution in [1.82, 2.24) is 20.1 Å². The fraction of sp³-hybridized carbons (Fsp3) is 0.250. The van der Waals surface area contributed by atoms with Gasteiger partial charge in [-0.15, -0.1) is 0 Å². The van der Waals surface area contributed by atoms with Crippen LogP contribution in [0, 0.1) is 6.92 Å². The largest absolute Gasteiger partial charge is 0.368 e. The normalized spacial score (nSPS) is 14.4. The second-order valence-corrected chi connectivity index (χ2v) is 7.05. The Labute approximate surface area is 162 Å². The van der Waals surface area contributed by atoms with Crippen LogP contribution >= 0.6 is 11.6 Å². The number of H-pyrrole nitrogens is 1. The summed E-state index contributed by atoms with van der Waals surface area (Å²) >= 11 is 6.14. The van der Waals surface area contributed by atoms with Crippen LogP contribution in [0.3, 0.4) is 0 Å². The molecule has 3 aromatic rings. The van der Waals surface area contributed by atoms with Crippen LogP contribution in [0.15, 0.2) is 48.8 Å². The third-order valence-corrected chi connectivity index (χ3v) is 5.10. The van der Waals surface area contributed by atoms with Crippen LogP contribution in [0.2, 0.25) is 5.02 Å². The van der Waals surface area contributed by atoms with E-state index in [4.69, 9.17) is 11.6 Å². The molecular weight excluding hydrogens is 362 g/mol. The first-order valence-electron chi connectivity index (χ1n) is 8.88. The predicted octanol–water partition coefficient (Wildman–Crippen LogP) is 3.40. The number of pyridine rings is 1. The molecule has 3 heterocycles. The van der Waals surface area contributed by atoms with Gasteiger partial charge in [0.15, 0.2) is 0 Å². The molecule has 0 bridgehead atoms. The van der Waals surface area contributed by atoms with E-state index in [1.807, 2.05) is 35.2 Å². The van der Waals surface area contributed by atoms with Crippen LogP contribution in [-0.2, 0) is 0 Å². The summed E-state index contributed by atoms with van der Waals surface area (Å²) in [6, 6.07) is 11.5. The van der Waals surface area contributed by atoms with Crippen molar-refractivity contribution in [1.29, 1.82) is 0 Å². The number of aromatic nitrogens is 3. The van der Waals surface area contributed by atoms with E-state index in [2.05, 4.69) is 27.0 Å². The van der Waals surface area contributed by atoms with Crippen molar-refractivity contribution in [3.8, 4) is 11.3 Å². The van der Waals surface area contributed by atoms with E-state index in [-0.39, 0.29) is 5.91 Å². The van der Waals surface area contributed by atoms with E-state index in [9.17, 15) is 4.79 Å². The number of nitrogens with zero attached hydrogens (tertiary/aromatic N) is 4. The molecule has 2 aromatic heterocycles. The minimum atomic E-state index is -0.0229. The lowest BCUT2D eigenvalue weighted by Gasteiger charge is -2.36. The molecule has 0 radical (unpaired) electrons. The van der Waals surface area contributed by atoms with Crippen molar-refractivity contribution in [3.05, 3.63) is 65.1 Å². The quantitative estimate of drug-likeness (QED) is 0.755. The van der Waals surface area contributed by atoms with Crippen LogP contribution in [-0.4, -0.2) is 52.2 Å². The number of aromatic amines is 1. The Balaban J connectivity index is 1.43. The van der Waals surface area contributed by atoms with E-state index < -0.39 is 0 Å². The summed E-state index contributed by atoms with van der Waals surface area (Å²) in [5.74, 6) is -0.0229. The molecule has 0 unspecified atom stereocenters. The summed E-state index contributed by atoms with van der Waals surface area (Å²) in [5.41, 5.74) is 4.51. The molecule has 138 valence electrons. The molecule has 1 aliphatic rings.